The Balaban J connectivity index is 1.45. The fraction of sp³-hybridized carbons (Fsp3) is 0.167. The number of sulfonamides is 1. The summed E-state index contributed by atoms with van der Waals surface area (Å²) in [6.45, 7) is 0. The molecule has 1 heterocycles. The Morgan fingerprint density at radius 3 is 2.55 bits per heavy atom. The lowest BCUT2D eigenvalue weighted by Gasteiger charge is -2.19. The van der Waals surface area contributed by atoms with Crippen LogP contribution in [0.1, 0.15) is 24.4 Å². The number of aromatic amines is 1. The number of aromatic nitrogens is 2. The number of H-pyrrole nitrogens is 1. The number of hydrogen-bond donors (Lipinski definition) is 4. The number of nitrogens with one attached hydrogen (secondary N) is 3. The van der Waals surface area contributed by atoms with Gasteiger partial charge in [0.25, 0.3) is 0 Å². The summed E-state index contributed by atoms with van der Waals surface area (Å²) in [5, 5.41) is 19.8. The molecule has 168 valence electrons. The molecule has 1 aromatic heterocycles. The summed E-state index contributed by atoms with van der Waals surface area (Å²) in [5.74, 6) is -0.145. The molecule has 1 amide bonds. The Kier molecular flexibility index (Phi) is 5.45. The van der Waals surface area contributed by atoms with Gasteiger partial charge in [-0.15, -0.1) is 0 Å². The third-order valence-corrected chi connectivity index (χ3v) is 6.55. The van der Waals surface area contributed by atoms with Crippen molar-refractivity contribution in [3.63, 3.8) is 0 Å². The van der Waals surface area contributed by atoms with Crippen molar-refractivity contribution in [3.8, 4) is 11.3 Å². The summed E-state index contributed by atoms with van der Waals surface area (Å²) in [4.78, 5) is 13.2. The first-order valence-electron chi connectivity index (χ1n) is 10.6. The second kappa shape index (κ2) is 8.43. The number of primary sulfonamides is 1. The van der Waals surface area contributed by atoms with Crippen molar-refractivity contribution < 1.29 is 13.2 Å². The molecule has 0 saturated heterocycles. The van der Waals surface area contributed by atoms with E-state index >= 15 is 0 Å². The van der Waals surface area contributed by atoms with Crippen LogP contribution in [0, 0.1) is 0 Å². The number of amides is 1. The Morgan fingerprint density at radius 2 is 1.82 bits per heavy atom. The van der Waals surface area contributed by atoms with E-state index in [0.29, 0.717) is 23.0 Å². The minimum Gasteiger partial charge on any atom is -0.324 e. The SMILES string of the molecule is NS(=O)(=O)c1cccc(-c2n[nH]c3ccc(NC(=O)C(NC4CC4)c4ccccc4)cc23)c1. The molecule has 9 heteroatoms. The van der Waals surface area contributed by atoms with Gasteiger partial charge in [-0.1, -0.05) is 42.5 Å². The zero-order valence-electron chi connectivity index (χ0n) is 17.7. The number of rotatable bonds is 7. The molecule has 4 aromatic rings. The van der Waals surface area contributed by atoms with E-state index in [4.69, 9.17) is 5.14 Å². The van der Waals surface area contributed by atoms with E-state index < -0.39 is 16.1 Å². The number of nitrogens with two attached hydrogens (primary N) is 1. The zero-order chi connectivity index (χ0) is 23.0. The molecule has 8 nitrogen and oxygen atoms in total. The molecule has 33 heavy (non-hydrogen) atoms. The average Bonchev–Trinajstić information content (AvgIpc) is 3.54. The van der Waals surface area contributed by atoms with E-state index in [9.17, 15) is 13.2 Å². The van der Waals surface area contributed by atoms with Gasteiger partial charge >= 0.3 is 0 Å². The van der Waals surface area contributed by atoms with Gasteiger partial charge in [0, 0.05) is 22.7 Å². The molecule has 1 fully saturated rings. The average molecular weight is 462 g/mol. The van der Waals surface area contributed by atoms with Crippen molar-refractivity contribution in [3.05, 3.63) is 78.4 Å². The first-order valence-corrected chi connectivity index (χ1v) is 12.2. The largest absolute Gasteiger partial charge is 0.324 e. The number of nitrogens with zero attached hydrogens (tertiary/aromatic N) is 1. The Bertz CT molecular complexity index is 1430. The van der Waals surface area contributed by atoms with Crippen LogP contribution in [0.15, 0.2) is 77.7 Å². The number of benzene rings is 3. The maximum atomic E-state index is 13.2. The predicted molar refractivity (Wildman–Crippen MR) is 127 cm³/mol. The maximum Gasteiger partial charge on any atom is 0.246 e. The summed E-state index contributed by atoms with van der Waals surface area (Å²) in [5.41, 5.74) is 3.47. The van der Waals surface area contributed by atoms with Crippen molar-refractivity contribution in [2.75, 3.05) is 5.32 Å². The molecule has 1 saturated carbocycles. The van der Waals surface area contributed by atoms with Crippen molar-refractivity contribution in [1.82, 2.24) is 15.5 Å². The number of carbonyl (C=O) groups is 1. The highest BCUT2D eigenvalue weighted by Gasteiger charge is 2.29. The molecule has 0 aliphatic heterocycles. The van der Waals surface area contributed by atoms with Gasteiger partial charge in [0.05, 0.1) is 10.4 Å². The van der Waals surface area contributed by atoms with Gasteiger partial charge in [0.15, 0.2) is 0 Å². The van der Waals surface area contributed by atoms with Crippen molar-refractivity contribution >= 4 is 32.5 Å². The zero-order valence-corrected chi connectivity index (χ0v) is 18.5. The summed E-state index contributed by atoms with van der Waals surface area (Å²) in [6.07, 6.45) is 2.14. The molecule has 1 unspecified atom stereocenters. The number of hydrogen-bond acceptors (Lipinski definition) is 5. The van der Waals surface area contributed by atoms with Gasteiger partial charge in [0.2, 0.25) is 15.9 Å². The molecule has 5 N–H and O–H groups in total. The molecule has 1 aliphatic carbocycles. The fourth-order valence-electron chi connectivity index (χ4n) is 3.80. The van der Waals surface area contributed by atoms with Crippen molar-refractivity contribution in [2.24, 2.45) is 5.14 Å². The smallest absolute Gasteiger partial charge is 0.246 e. The standard InChI is InChI=1S/C24H23N5O3S/c25-33(31,32)19-8-4-7-16(13-19)22-20-14-18(11-12-21(20)28-29-22)27-24(30)23(26-17-9-10-17)15-5-2-1-3-6-15/h1-8,11-14,17,23,26H,9-10H2,(H,27,30)(H,28,29)(H2,25,31,32). The number of anilines is 1. The van der Waals surface area contributed by atoms with Crippen molar-refractivity contribution in [2.45, 2.75) is 29.8 Å². The van der Waals surface area contributed by atoms with Crippen LogP contribution in [0.3, 0.4) is 0 Å². The molecule has 1 aliphatic rings. The van der Waals surface area contributed by atoms with Crippen molar-refractivity contribution in [1.29, 1.82) is 0 Å². The first-order chi connectivity index (χ1) is 15.9. The topological polar surface area (TPSA) is 130 Å². The van der Waals surface area contributed by atoms with Crippen LogP contribution in [0.5, 0.6) is 0 Å². The lowest BCUT2D eigenvalue weighted by Crippen LogP contribution is -2.34. The van der Waals surface area contributed by atoms with Crippen LogP contribution in [0.4, 0.5) is 5.69 Å². The molecular formula is C24H23N5O3S. The van der Waals surface area contributed by atoms with Crippen LogP contribution >= 0.6 is 0 Å². The summed E-state index contributed by atoms with van der Waals surface area (Å²) in [6, 6.07) is 21.3. The Morgan fingerprint density at radius 1 is 1.03 bits per heavy atom. The molecular weight excluding hydrogens is 438 g/mol. The summed E-state index contributed by atoms with van der Waals surface area (Å²) >= 11 is 0. The third-order valence-electron chi connectivity index (χ3n) is 5.64. The molecule has 0 radical (unpaired) electrons. The first kappa shape index (κ1) is 21.3. The highest BCUT2D eigenvalue weighted by molar-refractivity contribution is 7.89. The van der Waals surface area contributed by atoms with Gasteiger partial charge in [0.1, 0.15) is 11.7 Å². The summed E-state index contributed by atoms with van der Waals surface area (Å²) < 4.78 is 23.5. The Labute approximate surface area is 191 Å². The van der Waals surface area contributed by atoms with E-state index in [0.717, 1.165) is 29.3 Å². The third kappa shape index (κ3) is 4.65. The lowest BCUT2D eigenvalue weighted by molar-refractivity contribution is -0.118. The normalized spacial score (nSPS) is 14.8. The summed E-state index contributed by atoms with van der Waals surface area (Å²) in [7, 11) is -3.84. The van der Waals surface area contributed by atoms with Crippen LogP contribution in [-0.4, -0.2) is 30.6 Å². The molecule has 0 spiro atoms. The van der Waals surface area contributed by atoms with Gasteiger partial charge in [-0.05, 0) is 48.7 Å². The lowest BCUT2D eigenvalue weighted by atomic mass is 10.1. The fourth-order valence-corrected chi connectivity index (χ4v) is 4.36. The van der Waals surface area contributed by atoms with Gasteiger partial charge in [-0.25, -0.2) is 13.6 Å². The number of carbonyl (C=O) groups excluding carboxylic acids is 1. The quantitative estimate of drug-likeness (QED) is 0.335. The van der Waals surface area contributed by atoms with Crippen LogP contribution in [0.2, 0.25) is 0 Å². The van der Waals surface area contributed by atoms with Gasteiger partial charge < -0.3 is 5.32 Å². The number of fused-ring (bicyclic) bond motifs is 1. The van der Waals surface area contributed by atoms with Crippen LogP contribution < -0.4 is 15.8 Å². The minimum atomic E-state index is -3.84. The highest BCUT2D eigenvalue weighted by atomic mass is 32.2. The maximum absolute atomic E-state index is 13.2. The molecule has 1 atom stereocenters. The van der Waals surface area contributed by atoms with Crippen LogP contribution in [0.25, 0.3) is 22.2 Å². The monoisotopic (exact) mass is 461 g/mol. The highest BCUT2D eigenvalue weighted by Crippen LogP contribution is 2.30. The Hall–Kier alpha value is -3.53. The molecule has 3 aromatic carbocycles. The van der Waals surface area contributed by atoms with E-state index in [-0.39, 0.29) is 10.8 Å². The second-order valence-corrected chi connectivity index (χ2v) is 9.74. The van der Waals surface area contributed by atoms with Gasteiger partial charge in [-0.2, -0.15) is 5.10 Å². The minimum absolute atomic E-state index is 0.0115. The predicted octanol–water partition coefficient (Wildman–Crippen LogP) is 3.31. The van der Waals surface area contributed by atoms with E-state index in [1.807, 2.05) is 48.5 Å². The van der Waals surface area contributed by atoms with Gasteiger partial charge in [-0.3, -0.25) is 15.2 Å². The molecule has 0 bridgehead atoms. The second-order valence-electron chi connectivity index (χ2n) is 8.18. The van der Waals surface area contributed by atoms with Crippen LogP contribution in [-0.2, 0) is 14.8 Å². The van der Waals surface area contributed by atoms with E-state index in [1.165, 1.54) is 12.1 Å². The van der Waals surface area contributed by atoms with E-state index in [1.54, 1.807) is 12.1 Å². The molecule has 5 rings (SSSR count). The van der Waals surface area contributed by atoms with E-state index in [2.05, 4.69) is 20.8 Å².